The summed E-state index contributed by atoms with van der Waals surface area (Å²) in [4.78, 5) is 19.3. The number of thiocarbonyl (C=S) groups is 1. The minimum Gasteiger partial charge on any atom is -0.494 e. The first-order valence-corrected chi connectivity index (χ1v) is 12.1. The molecule has 0 unspecified atom stereocenters. The van der Waals surface area contributed by atoms with Crippen LogP contribution in [0.5, 0.6) is 5.75 Å². The summed E-state index contributed by atoms with van der Waals surface area (Å²) in [5.74, 6) is 0.495. The van der Waals surface area contributed by atoms with Crippen molar-refractivity contribution in [2.75, 3.05) is 17.3 Å². The molecule has 0 radical (unpaired) electrons. The van der Waals surface area contributed by atoms with Gasteiger partial charge in [0.25, 0.3) is 0 Å². The van der Waals surface area contributed by atoms with E-state index >= 15 is 0 Å². The molecule has 0 aliphatic carbocycles. The van der Waals surface area contributed by atoms with Crippen molar-refractivity contribution >= 4 is 34.6 Å². The molecule has 1 aliphatic heterocycles. The van der Waals surface area contributed by atoms with Crippen molar-refractivity contribution < 1.29 is 9.53 Å². The molecule has 1 saturated heterocycles. The van der Waals surface area contributed by atoms with E-state index in [9.17, 15) is 4.79 Å². The van der Waals surface area contributed by atoms with Gasteiger partial charge in [-0.15, -0.1) is 0 Å². The fourth-order valence-corrected chi connectivity index (χ4v) is 4.72. The number of ether oxygens (including phenoxy) is 1. The molecule has 3 heterocycles. The van der Waals surface area contributed by atoms with Gasteiger partial charge in [0.05, 0.1) is 30.6 Å². The number of aromatic nitrogens is 2. The lowest BCUT2D eigenvalue weighted by atomic mass is 9.95. The summed E-state index contributed by atoms with van der Waals surface area (Å²) in [6.07, 6.45) is 1.80. The number of hydrogen-bond donors (Lipinski definition) is 2. The van der Waals surface area contributed by atoms with E-state index in [2.05, 4.69) is 52.0 Å². The standard InChI is InChI=1S/C27H33N5O2S/c1-16-14-19(17(2)31(16)6)24-23(21-10-8-9-13-28-21)30-26(35)32(24)18-11-12-20(22(15-18)34-7)29-25(33)27(3,4)5/h8-15,23-24H,1-7H3,(H,29,33)(H,30,35)/t23-,24-/m1/s1. The smallest absolute Gasteiger partial charge is 0.229 e. The van der Waals surface area contributed by atoms with Gasteiger partial charge in [-0.25, -0.2) is 0 Å². The summed E-state index contributed by atoms with van der Waals surface area (Å²) in [5.41, 5.74) is 5.42. The van der Waals surface area contributed by atoms with E-state index in [1.165, 1.54) is 17.0 Å². The fourth-order valence-electron chi connectivity index (χ4n) is 4.38. The minimum atomic E-state index is -0.520. The van der Waals surface area contributed by atoms with Crippen LogP contribution in [0.3, 0.4) is 0 Å². The highest BCUT2D eigenvalue weighted by atomic mass is 32.1. The van der Waals surface area contributed by atoms with Gasteiger partial charge in [-0.2, -0.15) is 0 Å². The predicted octanol–water partition coefficient (Wildman–Crippen LogP) is 5.21. The molecule has 2 aromatic heterocycles. The van der Waals surface area contributed by atoms with E-state index in [1.54, 1.807) is 13.3 Å². The Labute approximate surface area is 212 Å². The highest BCUT2D eigenvalue weighted by molar-refractivity contribution is 7.80. The Morgan fingerprint density at radius 1 is 1.17 bits per heavy atom. The van der Waals surface area contributed by atoms with E-state index in [0.717, 1.165) is 11.4 Å². The number of hydrogen-bond acceptors (Lipinski definition) is 4. The first-order chi connectivity index (χ1) is 16.5. The Morgan fingerprint density at radius 3 is 2.49 bits per heavy atom. The second kappa shape index (κ2) is 9.34. The summed E-state index contributed by atoms with van der Waals surface area (Å²) < 4.78 is 7.86. The van der Waals surface area contributed by atoms with E-state index in [1.807, 2.05) is 57.2 Å². The molecular weight excluding hydrogens is 458 g/mol. The zero-order valence-electron chi connectivity index (χ0n) is 21.3. The van der Waals surface area contributed by atoms with Gasteiger partial charge in [-0.3, -0.25) is 9.78 Å². The van der Waals surface area contributed by atoms with Gasteiger partial charge in [0, 0.05) is 41.8 Å². The quantitative estimate of drug-likeness (QED) is 0.478. The van der Waals surface area contributed by atoms with Gasteiger partial charge < -0.3 is 24.8 Å². The number of amides is 1. The maximum Gasteiger partial charge on any atom is 0.229 e. The van der Waals surface area contributed by atoms with Crippen LogP contribution in [0.1, 0.15) is 55.5 Å². The molecule has 1 aromatic carbocycles. The van der Waals surface area contributed by atoms with Crippen molar-refractivity contribution in [3.63, 3.8) is 0 Å². The number of anilines is 2. The normalized spacial score (nSPS) is 17.9. The van der Waals surface area contributed by atoms with Crippen molar-refractivity contribution in [2.45, 2.75) is 46.7 Å². The molecule has 0 saturated carbocycles. The molecule has 1 amide bonds. The lowest BCUT2D eigenvalue weighted by molar-refractivity contribution is -0.123. The Kier molecular flexibility index (Phi) is 6.60. The molecule has 4 rings (SSSR count). The van der Waals surface area contributed by atoms with Gasteiger partial charge in [-0.05, 0) is 62.0 Å². The molecule has 2 N–H and O–H groups in total. The van der Waals surface area contributed by atoms with Gasteiger partial charge >= 0.3 is 0 Å². The minimum absolute atomic E-state index is 0.0783. The van der Waals surface area contributed by atoms with Crippen molar-refractivity contribution in [1.29, 1.82) is 0 Å². The molecular formula is C27H33N5O2S. The molecule has 184 valence electrons. The number of pyridine rings is 1. The average molecular weight is 492 g/mol. The second-order valence-electron chi connectivity index (χ2n) is 9.97. The fraction of sp³-hybridized carbons (Fsp3) is 0.370. The monoisotopic (exact) mass is 491 g/mol. The third-order valence-electron chi connectivity index (χ3n) is 6.62. The zero-order chi connectivity index (χ0) is 25.5. The summed E-state index contributed by atoms with van der Waals surface area (Å²) in [6.45, 7) is 9.87. The van der Waals surface area contributed by atoms with Crippen LogP contribution < -0.4 is 20.3 Å². The molecule has 7 nitrogen and oxygen atoms in total. The zero-order valence-corrected chi connectivity index (χ0v) is 22.2. The van der Waals surface area contributed by atoms with Crippen molar-refractivity contribution in [3.05, 3.63) is 71.3 Å². The topological polar surface area (TPSA) is 71.4 Å². The van der Waals surface area contributed by atoms with E-state index in [0.29, 0.717) is 16.5 Å². The maximum atomic E-state index is 12.6. The summed E-state index contributed by atoms with van der Waals surface area (Å²) in [5, 5.41) is 7.10. The Bertz CT molecular complexity index is 1260. The van der Waals surface area contributed by atoms with E-state index in [-0.39, 0.29) is 18.0 Å². The number of nitrogens with one attached hydrogen (secondary N) is 2. The Morgan fingerprint density at radius 2 is 1.91 bits per heavy atom. The number of benzene rings is 1. The lowest BCUT2D eigenvalue weighted by Gasteiger charge is -2.29. The molecule has 8 heteroatoms. The van der Waals surface area contributed by atoms with Crippen LogP contribution in [0.4, 0.5) is 11.4 Å². The Balaban J connectivity index is 1.80. The van der Waals surface area contributed by atoms with Crippen LogP contribution in [0.25, 0.3) is 0 Å². The van der Waals surface area contributed by atoms with E-state index in [4.69, 9.17) is 17.0 Å². The van der Waals surface area contributed by atoms with Gasteiger partial charge in [-0.1, -0.05) is 26.8 Å². The number of carbonyl (C=O) groups is 1. The van der Waals surface area contributed by atoms with Crippen molar-refractivity contribution in [1.82, 2.24) is 14.9 Å². The molecule has 0 bridgehead atoms. The number of carbonyl (C=O) groups excluding carboxylic acids is 1. The van der Waals surface area contributed by atoms with Crippen LogP contribution in [0.2, 0.25) is 0 Å². The SMILES string of the molecule is COc1cc(N2C(=S)N[C@H](c3ccccn3)[C@H]2c2cc(C)n(C)c2C)ccc1NC(=O)C(C)(C)C. The molecule has 2 atom stereocenters. The maximum absolute atomic E-state index is 12.6. The summed E-state index contributed by atoms with van der Waals surface area (Å²) in [6, 6.07) is 13.7. The highest BCUT2D eigenvalue weighted by Gasteiger charge is 2.42. The Hall–Kier alpha value is -3.39. The van der Waals surface area contributed by atoms with Crippen LogP contribution in [-0.4, -0.2) is 27.7 Å². The molecule has 0 spiro atoms. The molecule has 1 fully saturated rings. The number of nitrogens with zero attached hydrogens (tertiary/aromatic N) is 3. The molecule has 35 heavy (non-hydrogen) atoms. The van der Waals surface area contributed by atoms with Gasteiger partial charge in [0.15, 0.2) is 5.11 Å². The van der Waals surface area contributed by atoms with Gasteiger partial charge in [0.1, 0.15) is 5.75 Å². The second-order valence-corrected chi connectivity index (χ2v) is 10.4. The molecule has 1 aliphatic rings. The highest BCUT2D eigenvalue weighted by Crippen LogP contribution is 2.44. The van der Waals surface area contributed by atoms with Crippen LogP contribution >= 0.6 is 12.2 Å². The average Bonchev–Trinajstić information content (AvgIpc) is 3.30. The first kappa shape index (κ1) is 24.7. The third-order valence-corrected chi connectivity index (χ3v) is 6.94. The van der Waals surface area contributed by atoms with Crippen LogP contribution in [0, 0.1) is 19.3 Å². The van der Waals surface area contributed by atoms with Crippen molar-refractivity contribution in [3.8, 4) is 5.75 Å². The van der Waals surface area contributed by atoms with Crippen LogP contribution in [0.15, 0.2) is 48.7 Å². The third kappa shape index (κ3) is 4.62. The number of methoxy groups -OCH3 is 1. The number of aryl methyl sites for hydroxylation is 1. The summed E-state index contributed by atoms with van der Waals surface area (Å²) >= 11 is 5.86. The van der Waals surface area contributed by atoms with E-state index < -0.39 is 5.41 Å². The molecule has 3 aromatic rings. The summed E-state index contributed by atoms with van der Waals surface area (Å²) in [7, 11) is 3.68. The first-order valence-electron chi connectivity index (χ1n) is 11.7. The van der Waals surface area contributed by atoms with Gasteiger partial charge in [0.2, 0.25) is 5.91 Å². The van der Waals surface area contributed by atoms with Crippen molar-refractivity contribution in [2.24, 2.45) is 12.5 Å². The number of rotatable bonds is 5. The predicted molar refractivity (Wildman–Crippen MR) is 144 cm³/mol. The lowest BCUT2D eigenvalue weighted by Crippen LogP contribution is -2.30. The largest absolute Gasteiger partial charge is 0.494 e. The van der Waals surface area contributed by atoms with Crippen LogP contribution in [-0.2, 0) is 11.8 Å².